The van der Waals surface area contributed by atoms with Gasteiger partial charge >= 0.3 is 0 Å². The van der Waals surface area contributed by atoms with Gasteiger partial charge in [0, 0.05) is 0 Å². The van der Waals surface area contributed by atoms with Crippen LogP contribution < -0.4 is 0 Å². The van der Waals surface area contributed by atoms with Gasteiger partial charge in [-0.15, -0.1) is 0 Å². The van der Waals surface area contributed by atoms with Crippen LogP contribution in [0.3, 0.4) is 0 Å². The van der Waals surface area contributed by atoms with E-state index in [0.717, 1.165) is 32.5 Å². The van der Waals surface area contributed by atoms with Gasteiger partial charge in [-0.1, -0.05) is 42.0 Å². The Balaban J connectivity index is 1.66. The van der Waals surface area contributed by atoms with Crippen LogP contribution in [-0.2, 0) is 16.1 Å². The fourth-order valence-electron chi connectivity index (χ4n) is 2.43. The van der Waals surface area contributed by atoms with Gasteiger partial charge in [0.15, 0.2) is 0 Å². The molecule has 0 bridgehead atoms. The van der Waals surface area contributed by atoms with Crippen LogP contribution in [0.4, 0.5) is 0 Å². The highest BCUT2D eigenvalue weighted by atomic mass is 16.5. The number of hydrogen-bond acceptors (Lipinski definition) is 2. The van der Waals surface area contributed by atoms with Crippen LogP contribution in [0.5, 0.6) is 0 Å². The van der Waals surface area contributed by atoms with Crippen LogP contribution in [0.25, 0.3) is 0 Å². The van der Waals surface area contributed by atoms with Crippen LogP contribution in [0.15, 0.2) is 42.0 Å². The summed E-state index contributed by atoms with van der Waals surface area (Å²) in [6.45, 7) is 6.67. The van der Waals surface area contributed by atoms with Crippen molar-refractivity contribution in [1.29, 1.82) is 0 Å². The first kappa shape index (κ1) is 14.3. The molecule has 2 heteroatoms. The summed E-state index contributed by atoms with van der Waals surface area (Å²) in [6.07, 6.45) is 5.45. The van der Waals surface area contributed by atoms with E-state index in [1.165, 1.54) is 11.1 Å². The van der Waals surface area contributed by atoms with Crippen LogP contribution in [0.1, 0.15) is 38.7 Å². The molecule has 1 fully saturated rings. The SMILES string of the molecule is CC1(C)C/C(=C/CCOCc2ccccc2)CCO1. The fraction of sp³-hybridized carbons (Fsp3) is 0.529. The molecule has 19 heavy (non-hydrogen) atoms. The first-order valence-corrected chi connectivity index (χ1v) is 7.09. The minimum absolute atomic E-state index is 0.00891. The maximum Gasteiger partial charge on any atom is 0.0717 e. The summed E-state index contributed by atoms with van der Waals surface area (Å²) in [5, 5.41) is 0. The third kappa shape index (κ3) is 5.17. The highest BCUT2D eigenvalue weighted by molar-refractivity contribution is 5.13. The molecule has 1 saturated heterocycles. The molecule has 2 nitrogen and oxygen atoms in total. The molecule has 0 aromatic heterocycles. The van der Waals surface area contributed by atoms with Crippen molar-refractivity contribution in [3.05, 3.63) is 47.5 Å². The van der Waals surface area contributed by atoms with Crippen LogP contribution >= 0.6 is 0 Å². The molecule has 0 aliphatic carbocycles. The topological polar surface area (TPSA) is 18.5 Å². The minimum atomic E-state index is 0.00891. The molecule has 0 radical (unpaired) electrons. The molecule has 2 rings (SSSR count). The van der Waals surface area contributed by atoms with Crippen LogP contribution in [-0.4, -0.2) is 18.8 Å². The average molecular weight is 260 g/mol. The van der Waals surface area contributed by atoms with Crippen molar-refractivity contribution in [2.24, 2.45) is 0 Å². The monoisotopic (exact) mass is 260 g/mol. The molecular weight excluding hydrogens is 236 g/mol. The second kappa shape index (κ2) is 6.88. The van der Waals surface area contributed by atoms with E-state index in [4.69, 9.17) is 9.47 Å². The Morgan fingerprint density at radius 3 is 2.79 bits per heavy atom. The van der Waals surface area contributed by atoms with Crippen molar-refractivity contribution in [1.82, 2.24) is 0 Å². The Morgan fingerprint density at radius 1 is 1.26 bits per heavy atom. The summed E-state index contributed by atoms with van der Waals surface area (Å²) in [6, 6.07) is 10.3. The molecule has 0 N–H and O–H groups in total. The molecular formula is C17H24O2. The van der Waals surface area contributed by atoms with Crippen LogP contribution in [0, 0.1) is 0 Å². The Kier molecular flexibility index (Phi) is 5.17. The summed E-state index contributed by atoms with van der Waals surface area (Å²) < 4.78 is 11.4. The molecule has 0 saturated carbocycles. The van der Waals surface area contributed by atoms with Gasteiger partial charge in [0.05, 0.1) is 25.4 Å². The van der Waals surface area contributed by atoms with Gasteiger partial charge < -0.3 is 9.47 Å². The predicted octanol–water partition coefficient (Wildman–Crippen LogP) is 4.11. The molecule has 0 spiro atoms. The largest absolute Gasteiger partial charge is 0.376 e. The van der Waals surface area contributed by atoms with Gasteiger partial charge in [-0.3, -0.25) is 0 Å². The first-order valence-electron chi connectivity index (χ1n) is 7.09. The van der Waals surface area contributed by atoms with E-state index in [1.54, 1.807) is 0 Å². The van der Waals surface area contributed by atoms with Crippen molar-refractivity contribution in [2.45, 2.75) is 45.3 Å². The summed E-state index contributed by atoms with van der Waals surface area (Å²) in [7, 11) is 0. The van der Waals surface area contributed by atoms with E-state index in [2.05, 4.69) is 32.1 Å². The molecule has 0 unspecified atom stereocenters. The Labute approximate surface area is 116 Å². The first-order chi connectivity index (χ1) is 9.16. The predicted molar refractivity (Wildman–Crippen MR) is 78.1 cm³/mol. The lowest BCUT2D eigenvalue weighted by atomic mass is 9.93. The summed E-state index contributed by atoms with van der Waals surface area (Å²) in [4.78, 5) is 0. The second-order valence-corrected chi connectivity index (χ2v) is 5.72. The van der Waals surface area contributed by atoms with E-state index in [0.29, 0.717) is 6.61 Å². The zero-order valence-electron chi connectivity index (χ0n) is 12.0. The van der Waals surface area contributed by atoms with Gasteiger partial charge in [0.1, 0.15) is 0 Å². The van der Waals surface area contributed by atoms with E-state index in [9.17, 15) is 0 Å². The van der Waals surface area contributed by atoms with Crippen molar-refractivity contribution >= 4 is 0 Å². The molecule has 104 valence electrons. The highest BCUT2D eigenvalue weighted by Gasteiger charge is 2.24. The second-order valence-electron chi connectivity index (χ2n) is 5.72. The number of benzene rings is 1. The molecule has 1 aliphatic heterocycles. The van der Waals surface area contributed by atoms with Crippen molar-refractivity contribution in [2.75, 3.05) is 13.2 Å². The number of hydrogen-bond donors (Lipinski definition) is 0. The lowest BCUT2D eigenvalue weighted by Gasteiger charge is -2.31. The van der Waals surface area contributed by atoms with Crippen molar-refractivity contribution in [3.63, 3.8) is 0 Å². The Hall–Kier alpha value is -1.12. The zero-order valence-corrected chi connectivity index (χ0v) is 12.0. The number of rotatable bonds is 5. The van der Waals surface area contributed by atoms with Crippen molar-refractivity contribution < 1.29 is 9.47 Å². The molecule has 1 aromatic carbocycles. The van der Waals surface area contributed by atoms with Gasteiger partial charge in [-0.2, -0.15) is 0 Å². The molecule has 0 atom stereocenters. The van der Waals surface area contributed by atoms with E-state index in [1.807, 2.05) is 18.2 Å². The van der Waals surface area contributed by atoms with E-state index < -0.39 is 0 Å². The summed E-state index contributed by atoms with van der Waals surface area (Å²) in [5.74, 6) is 0. The van der Waals surface area contributed by atoms with Crippen molar-refractivity contribution in [3.8, 4) is 0 Å². The highest BCUT2D eigenvalue weighted by Crippen LogP contribution is 2.28. The Morgan fingerprint density at radius 2 is 2.05 bits per heavy atom. The molecule has 1 aromatic rings. The fourth-order valence-corrected chi connectivity index (χ4v) is 2.43. The third-order valence-electron chi connectivity index (χ3n) is 3.38. The summed E-state index contributed by atoms with van der Waals surface area (Å²) >= 11 is 0. The molecule has 1 aliphatic rings. The lowest BCUT2D eigenvalue weighted by Crippen LogP contribution is -2.30. The normalized spacial score (nSPS) is 20.6. The maximum atomic E-state index is 5.71. The van der Waals surface area contributed by atoms with Crippen LogP contribution in [0.2, 0.25) is 0 Å². The third-order valence-corrected chi connectivity index (χ3v) is 3.38. The maximum absolute atomic E-state index is 5.71. The average Bonchev–Trinajstić information content (AvgIpc) is 2.38. The van der Waals surface area contributed by atoms with Gasteiger partial charge in [0.25, 0.3) is 0 Å². The van der Waals surface area contributed by atoms with Gasteiger partial charge in [-0.05, 0) is 38.7 Å². The zero-order chi connectivity index (χ0) is 13.6. The Bertz CT molecular complexity index is 407. The van der Waals surface area contributed by atoms with E-state index in [-0.39, 0.29) is 5.60 Å². The molecule has 1 heterocycles. The molecule has 0 amide bonds. The lowest BCUT2D eigenvalue weighted by molar-refractivity contribution is -0.0334. The minimum Gasteiger partial charge on any atom is -0.376 e. The van der Waals surface area contributed by atoms with Gasteiger partial charge in [-0.25, -0.2) is 0 Å². The summed E-state index contributed by atoms with van der Waals surface area (Å²) in [5.41, 5.74) is 2.76. The standard InChI is InChI=1S/C17H24O2/c1-17(2)13-15(10-12-19-17)9-6-11-18-14-16-7-4-3-5-8-16/h3-5,7-9H,6,10-14H2,1-2H3/b15-9+. The van der Waals surface area contributed by atoms with Gasteiger partial charge in [0.2, 0.25) is 0 Å². The van der Waals surface area contributed by atoms with E-state index >= 15 is 0 Å². The number of ether oxygens (including phenoxy) is 2. The quantitative estimate of drug-likeness (QED) is 0.586. The smallest absolute Gasteiger partial charge is 0.0717 e.